The van der Waals surface area contributed by atoms with Crippen molar-refractivity contribution in [2.45, 2.75) is 6.42 Å². The number of methoxy groups -OCH3 is 2. The molecule has 0 unspecified atom stereocenters. The second-order valence-electron chi connectivity index (χ2n) is 7.07. The molecule has 32 heavy (non-hydrogen) atoms. The fourth-order valence-corrected chi connectivity index (χ4v) is 4.43. The minimum Gasteiger partial charge on any atom is -0.494 e. The quantitative estimate of drug-likeness (QED) is 0.417. The van der Waals surface area contributed by atoms with Crippen LogP contribution in [0.15, 0.2) is 36.4 Å². The molecule has 0 fully saturated rings. The molecule has 3 aromatic rings. The second kappa shape index (κ2) is 11.5. The number of thiazole rings is 1. The number of hydrogen-bond acceptors (Lipinski definition) is 7. The number of fused-ring (bicyclic) bond motifs is 1. The van der Waals surface area contributed by atoms with E-state index in [1.165, 1.54) is 18.4 Å². The summed E-state index contributed by atoms with van der Waals surface area (Å²) < 4.78 is 11.0. The van der Waals surface area contributed by atoms with Gasteiger partial charge >= 0.3 is 5.97 Å². The molecule has 0 aliphatic rings. The van der Waals surface area contributed by atoms with Crippen LogP contribution in [0.25, 0.3) is 10.2 Å². The van der Waals surface area contributed by atoms with Gasteiger partial charge in [-0.3, -0.25) is 9.69 Å². The van der Waals surface area contributed by atoms with Crippen molar-refractivity contribution in [2.75, 3.05) is 46.3 Å². The van der Waals surface area contributed by atoms with Crippen LogP contribution in [0.4, 0.5) is 5.13 Å². The van der Waals surface area contributed by atoms with Crippen molar-refractivity contribution < 1.29 is 19.1 Å². The summed E-state index contributed by atoms with van der Waals surface area (Å²) in [5.74, 6) is -0.308. The lowest BCUT2D eigenvalue weighted by Gasteiger charge is -2.22. The molecule has 1 aromatic heterocycles. The van der Waals surface area contributed by atoms with Crippen LogP contribution in [0.3, 0.4) is 0 Å². The highest BCUT2D eigenvalue weighted by Gasteiger charge is 2.26. The van der Waals surface area contributed by atoms with Crippen LogP contribution in [0, 0.1) is 0 Å². The predicted octanol–water partition coefficient (Wildman–Crippen LogP) is 4.77. The minimum atomic E-state index is -0.564. The molecule has 7 nitrogen and oxygen atoms in total. The van der Waals surface area contributed by atoms with Crippen molar-refractivity contribution in [3.05, 3.63) is 52.5 Å². The number of esters is 1. The Labute approximate surface area is 202 Å². The van der Waals surface area contributed by atoms with Gasteiger partial charge in [-0.05, 0) is 51.3 Å². The van der Waals surface area contributed by atoms with E-state index in [1.54, 1.807) is 48.4 Å². The molecule has 1 heterocycles. The highest BCUT2D eigenvalue weighted by Crippen LogP contribution is 2.39. The molecule has 0 atom stereocenters. The Balaban J connectivity index is 0.00000363. The molecule has 0 bridgehead atoms. The number of nitrogens with zero attached hydrogens (tertiary/aromatic N) is 3. The Hall–Kier alpha value is -2.39. The lowest BCUT2D eigenvalue weighted by atomic mass is 10.1. The Bertz CT molecular complexity index is 1100. The lowest BCUT2D eigenvalue weighted by Crippen LogP contribution is -2.34. The highest BCUT2D eigenvalue weighted by molar-refractivity contribution is 7.23. The van der Waals surface area contributed by atoms with Crippen LogP contribution in [-0.2, 0) is 4.74 Å². The van der Waals surface area contributed by atoms with Gasteiger partial charge in [0.1, 0.15) is 11.3 Å². The minimum absolute atomic E-state index is 0. The van der Waals surface area contributed by atoms with E-state index < -0.39 is 5.97 Å². The molecule has 10 heteroatoms. The van der Waals surface area contributed by atoms with Gasteiger partial charge in [-0.15, -0.1) is 12.4 Å². The van der Waals surface area contributed by atoms with Crippen molar-refractivity contribution in [1.82, 2.24) is 9.88 Å². The maximum atomic E-state index is 13.6. The topological polar surface area (TPSA) is 72.0 Å². The third-order valence-electron chi connectivity index (χ3n) is 4.69. The van der Waals surface area contributed by atoms with E-state index in [9.17, 15) is 9.59 Å². The molecule has 0 saturated carbocycles. The lowest BCUT2D eigenvalue weighted by molar-refractivity contribution is 0.0597. The maximum absolute atomic E-state index is 13.6. The number of rotatable bonds is 8. The molecule has 1 amide bonds. The molecule has 3 rings (SSSR count). The number of ether oxygens (including phenoxy) is 2. The standard InChI is InChI=1S/C22H24ClN3O4S.ClH/c1-25(2)12-7-13-26(20(27)14-8-5-6-9-15(14)21(28)30-4)22-24-18-17(29-3)11-10-16(23)19(18)31-22;/h5-6,8-11H,7,12-13H2,1-4H3;1H. The summed E-state index contributed by atoms with van der Waals surface area (Å²) in [6, 6.07) is 10.1. The zero-order valence-corrected chi connectivity index (χ0v) is 20.6. The number of aromatic nitrogens is 1. The van der Waals surface area contributed by atoms with E-state index in [4.69, 9.17) is 21.1 Å². The fourth-order valence-electron chi connectivity index (χ4n) is 3.15. The molecule has 0 aliphatic carbocycles. The normalized spacial score (nSPS) is 10.7. The van der Waals surface area contributed by atoms with Crippen molar-refractivity contribution >= 4 is 62.6 Å². The zero-order chi connectivity index (χ0) is 22.5. The first-order valence-electron chi connectivity index (χ1n) is 9.64. The molecule has 0 radical (unpaired) electrons. The van der Waals surface area contributed by atoms with Gasteiger partial charge in [-0.1, -0.05) is 35.1 Å². The summed E-state index contributed by atoms with van der Waals surface area (Å²) >= 11 is 7.69. The summed E-state index contributed by atoms with van der Waals surface area (Å²) in [7, 11) is 6.80. The molecular weight excluding hydrogens is 473 g/mol. The van der Waals surface area contributed by atoms with Crippen LogP contribution < -0.4 is 9.64 Å². The molecular formula is C22H25Cl2N3O4S. The highest BCUT2D eigenvalue weighted by atomic mass is 35.5. The Morgan fingerprint density at radius 1 is 1.06 bits per heavy atom. The average Bonchev–Trinajstić information content (AvgIpc) is 3.22. The average molecular weight is 498 g/mol. The van der Waals surface area contributed by atoms with Gasteiger partial charge in [0.05, 0.1) is 35.1 Å². The van der Waals surface area contributed by atoms with E-state index in [2.05, 4.69) is 4.98 Å². The number of hydrogen-bond donors (Lipinski definition) is 0. The number of benzene rings is 2. The van der Waals surface area contributed by atoms with Gasteiger partial charge in [0, 0.05) is 6.54 Å². The summed E-state index contributed by atoms with van der Waals surface area (Å²) in [5, 5.41) is 1.03. The van der Waals surface area contributed by atoms with E-state index in [1.807, 2.05) is 19.0 Å². The molecule has 0 spiro atoms. The molecule has 0 N–H and O–H groups in total. The molecule has 0 saturated heterocycles. The first kappa shape index (κ1) is 25.9. The van der Waals surface area contributed by atoms with Crippen LogP contribution in [-0.4, -0.2) is 63.2 Å². The van der Waals surface area contributed by atoms with Crippen LogP contribution >= 0.6 is 35.3 Å². The van der Waals surface area contributed by atoms with E-state index >= 15 is 0 Å². The SMILES string of the molecule is COC(=O)c1ccccc1C(=O)N(CCCN(C)C)c1nc2c(OC)ccc(Cl)c2s1.Cl. The Morgan fingerprint density at radius 2 is 1.75 bits per heavy atom. The van der Waals surface area contributed by atoms with E-state index in [0.29, 0.717) is 28.0 Å². The fraction of sp³-hybridized carbons (Fsp3) is 0.318. The van der Waals surface area contributed by atoms with Crippen LogP contribution in [0.2, 0.25) is 5.02 Å². The van der Waals surface area contributed by atoms with Crippen molar-refractivity contribution in [2.24, 2.45) is 0 Å². The summed E-state index contributed by atoms with van der Waals surface area (Å²) in [5.41, 5.74) is 1.07. The molecule has 0 aliphatic heterocycles. The number of carbonyl (C=O) groups is 2. The van der Waals surface area contributed by atoms with Crippen molar-refractivity contribution in [1.29, 1.82) is 0 Å². The second-order valence-corrected chi connectivity index (χ2v) is 8.46. The van der Waals surface area contributed by atoms with Crippen LogP contribution in [0.5, 0.6) is 5.75 Å². The van der Waals surface area contributed by atoms with Gasteiger partial charge in [0.25, 0.3) is 5.91 Å². The summed E-state index contributed by atoms with van der Waals surface area (Å²) in [6.07, 6.45) is 0.722. The third-order valence-corrected chi connectivity index (χ3v) is 6.23. The van der Waals surface area contributed by atoms with Gasteiger partial charge in [0.2, 0.25) is 0 Å². The largest absolute Gasteiger partial charge is 0.494 e. The van der Waals surface area contributed by atoms with Gasteiger partial charge in [-0.25, -0.2) is 9.78 Å². The zero-order valence-electron chi connectivity index (χ0n) is 18.3. The number of halogens is 2. The predicted molar refractivity (Wildman–Crippen MR) is 131 cm³/mol. The Morgan fingerprint density at radius 3 is 2.38 bits per heavy atom. The summed E-state index contributed by atoms with van der Waals surface area (Å²) in [4.78, 5) is 34.1. The third kappa shape index (κ3) is 5.50. The van der Waals surface area contributed by atoms with Gasteiger partial charge in [0.15, 0.2) is 5.13 Å². The monoisotopic (exact) mass is 497 g/mol. The van der Waals surface area contributed by atoms with Gasteiger partial charge in [-0.2, -0.15) is 0 Å². The van der Waals surface area contributed by atoms with E-state index in [0.717, 1.165) is 17.7 Å². The van der Waals surface area contributed by atoms with Crippen LogP contribution in [0.1, 0.15) is 27.1 Å². The van der Waals surface area contributed by atoms with E-state index in [-0.39, 0.29) is 29.4 Å². The summed E-state index contributed by atoms with van der Waals surface area (Å²) in [6.45, 7) is 1.21. The smallest absolute Gasteiger partial charge is 0.338 e. The van der Waals surface area contributed by atoms with Crippen molar-refractivity contribution in [3.63, 3.8) is 0 Å². The van der Waals surface area contributed by atoms with Gasteiger partial charge < -0.3 is 14.4 Å². The Kier molecular flexibility index (Phi) is 9.27. The number of carbonyl (C=O) groups excluding carboxylic acids is 2. The number of amides is 1. The first-order chi connectivity index (χ1) is 14.9. The molecule has 172 valence electrons. The molecule has 2 aromatic carbocycles. The van der Waals surface area contributed by atoms with Crippen molar-refractivity contribution in [3.8, 4) is 5.75 Å². The maximum Gasteiger partial charge on any atom is 0.338 e. The first-order valence-corrected chi connectivity index (χ1v) is 10.8. The number of anilines is 1.